The van der Waals surface area contributed by atoms with Crippen LogP contribution in [0.2, 0.25) is 5.02 Å². The van der Waals surface area contributed by atoms with Crippen molar-refractivity contribution in [3.63, 3.8) is 0 Å². The van der Waals surface area contributed by atoms with E-state index in [4.69, 9.17) is 11.6 Å². The highest BCUT2D eigenvalue weighted by Gasteiger charge is 2.36. The average molecular weight is 296 g/mol. The molecule has 0 aromatic carbocycles. The minimum atomic E-state index is -0.0806. The number of nitrogens with one attached hydrogen (secondary N) is 2. The Morgan fingerprint density at radius 3 is 2.70 bits per heavy atom. The summed E-state index contributed by atoms with van der Waals surface area (Å²) in [5.74, 6) is 0.557. The van der Waals surface area contributed by atoms with Crippen LogP contribution in [0.5, 0.6) is 0 Å². The zero-order chi connectivity index (χ0) is 14.6. The molecule has 1 amide bonds. The van der Waals surface area contributed by atoms with Gasteiger partial charge in [-0.05, 0) is 38.2 Å². The molecular formula is C15H22ClN3O. The highest BCUT2D eigenvalue weighted by molar-refractivity contribution is 6.33. The van der Waals surface area contributed by atoms with Crippen LogP contribution in [-0.2, 0) is 0 Å². The lowest BCUT2D eigenvalue weighted by Gasteiger charge is -2.42. The summed E-state index contributed by atoms with van der Waals surface area (Å²) in [6.45, 7) is 5.01. The van der Waals surface area contributed by atoms with Crippen molar-refractivity contribution in [2.45, 2.75) is 51.5 Å². The van der Waals surface area contributed by atoms with E-state index in [0.717, 1.165) is 32.2 Å². The van der Waals surface area contributed by atoms with Crippen molar-refractivity contribution in [3.8, 4) is 0 Å². The minimum absolute atomic E-state index is 0.0112. The SMILES string of the molecule is CCCNc1ncc(C(=O)NC2(CC)CCC2)cc1Cl. The third-order valence-corrected chi connectivity index (χ3v) is 4.30. The molecule has 1 fully saturated rings. The number of amides is 1. The van der Waals surface area contributed by atoms with Gasteiger partial charge in [0.25, 0.3) is 5.91 Å². The molecule has 0 radical (unpaired) electrons. The fourth-order valence-electron chi connectivity index (χ4n) is 2.42. The average Bonchev–Trinajstić information content (AvgIpc) is 2.41. The molecule has 1 aliphatic rings. The largest absolute Gasteiger partial charge is 0.369 e. The Hall–Kier alpha value is -1.29. The van der Waals surface area contributed by atoms with Gasteiger partial charge < -0.3 is 10.6 Å². The van der Waals surface area contributed by atoms with Crippen LogP contribution in [0.4, 0.5) is 5.82 Å². The molecular weight excluding hydrogens is 274 g/mol. The normalized spacial score (nSPS) is 16.4. The summed E-state index contributed by atoms with van der Waals surface area (Å²) in [7, 11) is 0. The molecule has 5 heteroatoms. The molecule has 110 valence electrons. The molecule has 0 aliphatic heterocycles. The van der Waals surface area contributed by atoms with Crippen LogP contribution in [0.15, 0.2) is 12.3 Å². The predicted molar refractivity (Wildman–Crippen MR) is 82.4 cm³/mol. The standard InChI is InChI=1S/C15H22ClN3O/c1-3-8-17-13-12(16)9-11(10-18-13)14(20)19-15(4-2)6-5-7-15/h9-10H,3-8H2,1-2H3,(H,17,18)(H,19,20). The number of pyridine rings is 1. The number of hydrogen-bond acceptors (Lipinski definition) is 3. The molecule has 0 atom stereocenters. The van der Waals surface area contributed by atoms with Gasteiger partial charge in [-0.15, -0.1) is 0 Å². The van der Waals surface area contributed by atoms with Gasteiger partial charge in [-0.1, -0.05) is 25.4 Å². The Balaban J connectivity index is 2.05. The summed E-state index contributed by atoms with van der Waals surface area (Å²) < 4.78 is 0. The predicted octanol–water partition coefficient (Wildman–Crippen LogP) is 3.62. The maximum atomic E-state index is 12.3. The smallest absolute Gasteiger partial charge is 0.253 e. The molecule has 1 aliphatic carbocycles. The number of carbonyl (C=O) groups is 1. The Labute approximate surface area is 125 Å². The van der Waals surface area contributed by atoms with Crippen molar-refractivity contribution >= 4 is 23.3 Å². The minimum Gasteiger partial charge on any atom is -0.369 e. The van der Waals surface area contributed by atoms with Gasteiger partial charge >= 0.3 is 0 Å². The topological polar surface area (TPSA) is 54.0 Å². The Bertz CT molecular complexity index is 480. The zero-order valence-electron chi connectivity index (χ0n) is 12.1. The van der Waals surface area contributed by atoms with Gasteiger partial charge in [0.05, 0.1) is 10.6 Å². The lowest BCUT2D eigenvalue weighted by molar-refractivity contribution is 0.0820. The Kier molecular flexibility index (Phi) is 4.86. The van der Waals surface area contributed by atoms with Crippen molar-refractivity contribution in [1.82, 2.24) is 10.3 Å². The van der Waals surface area contributed by atoms with Crippen LogP contribution >= 0.6 is 11.6 Å². The zero-order valence-corrected chi connectivity index (χ0v) is 12.9. The van der Waals surface area contributed by atoms with E-state index in [1.165, 1.54) is 6.42 Å². The number of anilines is 1. The summed E-state index contributed by atoms with van der Waals surface area (Å²) >= 11 is 6.16. The monoisotopic (exact) mass is 295 g/mol. The fraction of sp³-hybridized carbons (Fsp3) is 0.600. The van der Waals surface area contributed by atoms with Crippen LogP contribution in [0.1, 0.15) is 56.3 Å². The van der Waals surface area contributed by atoms with Crippen molar-refractivity contribution < 1.29 is 4.79 Å². The van der Waals surface area contributed by atoms with Crippen molar-refractivity contribution in [1.29, 1.82) is 0 Å². The van der Waals surface area contributed by atoms with Gasteiger partial charge in [0.15, 0.2) is 0 Å². The molecule has 0 bridgehead atoms. The molecule has 0 saturated heterocycles. The molecule has 1 saturated carbocycles. The Morgan fingerprint density at radius 1 is 1.45 bits per heavy atom. The van der Waals surface area contributed by atoms with Crippen LogP contribution in [0.25, 0.3) is 0 Å². The molecule has 1 heterocycles. The first-order valence-electron chi connectivity index (χ1n) is 7.32. The van der Waals surface area contributed by atoms with E-state index >= 15 is 0 Å². The number of nitrogens with zero attached hydrogens (tertiary/aromatic N) is 1. The number of carbonyl (C=O) groups excluding carboxylic acids is 1. The first-order chi connectivity index (χ1) is 9.60. The van der Waals surface area contributed by atoms with Crippen LogP contribution in [0.3, 0.4) is 0 Å². The number of aromatic nitrogens is 1. The third kappa shape index (κ3) is 3.23. The van der Waals surface area contributed by atoms with Gasteiger partial charge in [0, 0.05) is 18.3 Å². The second kappa shape index (κ2) is 6.44. The summed E-state index contributed by atoms with van der Waals surface area (Å²) in [5, 5.41) is 6.75. The van der Waals surface area contributed by atoms with Gasteiger partial charge in [-0.25, -0.2) is 4.98 Å². The van der Waals surface area contributed by atoms with E-state index in [1.807, 2.05) is 0 Å². The first kappa shape index (κ1) is 15.1. The molecule has 1 aromatic heterocycles. The van der Waals surface area contributed by atoms with Crippen molar-refractivity contribution in [2.75, 3.05) is 11.9 Å². The molecule has 1 aromatic rings. The van der Waals surface area contributed by atoms with Crippen molar-refractivity contribution in [2.24, 2.45) is 0 Å². The summed E-state index contributed by atoms with van der Waals surface area (Å²) in [4.78, 5) is 16.5. The molecule has 2 N–H and O–H groups in total. The second-order valence-electron chi connectivity index (χ2n) is 5.42. The van der Waals surface area contributed by atoms with Crippen LogP contribution < -0.4 is 10.6 Å². The van der Waals surface area contributed by atoms with Gasteiger partial charge in [0.2, 0.25) is 0 Å². The summed E-state index contributed by atoms with van der Waals surface area (Å²) in [6, 6.07) is 1.68. The van der Waals surface area contributed by atoms with Crippen LogP contribution in [0, 0.1) is 0 Å². The van der Waals surface area contributed by atoms with E-state index in [9.17, 15) is 4.79 Å². The quantitative estimate of drug-likeness (QED) is 0.843. The van der Waals surface area contributed by atoms with E-state index in [0.29, 0.717) is 16.4 Å². The molecule has 4 nitrogen and oxygen atoms in total. The van der Waals surface area contributed by atoms with Gasteiger partial charge in [-0.3, -0.25) is 4.79 Å². The lowest BCUT2D eigenvalue weighted by Crippen LogP contribution is -2.53. The number of rotatable bonds is 6. The number of halogens is 1. The Morgan fingerprint density at radius 2 is 2.20 bits per heavy atom. The molecule has 0 unspecified atom stereocenters. The lowest BCUT2D eigenvalue weighted by atomic mass is 9.74. The highest BCUT2D eigenvalue weighted by atomic mass is 35.5. The highest BCUT2D eigenvalue weighted by Crippen LogP contribution is 2.35. The first-order valence-corrected chi connectivity index (χ1v) is 7.70. The maximum absolute atomic E-state index is 12.3. The molecule has 20 heavy (non-hydrogen) atoms. The molecule has 0 spiro atoms. The van der Waals surface area contributed by atoms with E-state index in [1.54, 1.807) is 12.3 Å². The summed E-state index contributed by atoms with van der Waals surface area (Å²) in [5.41, 5.74) is 0.514. The fourth-order valence-corrected chi connectivity index (χ4v) is 2.65. The second-order valence-corrected chi connectivity index (χ2v) is 5.83. The third-order valence-electron chi connectivity index (χ3n) is 4.01. The van der Waals surface area contributed by atoms with Crippen molar-refractivity contribution in [3.05, 3.63) is 22.8 Å². The maximum Gasteiger partial charge on any atom is 0.253 e. The van der Waals surface area contributed by atoms with E-state index < -0.39 is 0 Å². The van der Waals surface area contributed by atoms with Gasteiger partial charge in [0.1, 0.15) is 5.82 Å². The van der Waals surface area contributed by atoms with E-state index in [2.05, 4.69) is 29.5 Å². The van der Waals surface area contributed by atoms with Gasteiger partial charge in [-0.2, -0.15) is 0 Å². The summed E-state index contributed by atoms with van der Waals surface area (Å²) in [6.07, 6.45) is 6.86. The van der Waals surface area contributed by atoms with Crippen LogP contribution in [-0.4, -0.2) is 23.0 Å². The number of hydrogen-bond donors (Lipinski definition) is 2. The van der Waals surface area contributed by atoms with E-state index in [-0.39, 0.29) is 11.4 Å². The molecule has 2 rings (SSSR count).